The zero-order valence-electron chi connectivity index (χ0n) is 27.6. The van der Waals surface area contributed by atoms with Crippen molar-refractivity contribution in [3.05, 3.63) is 45.3 Å². The number of fused-ring (bicyclic) bond motifs is 1. The van der Waals surface area contributed by atoms with Gasteiger partial charge in [0.05, 0.1) is 17.3 Å². The molecule has 0 aliphatic carbocycles. The predicted molar refractivity (Wildman–Crippen MR) is 186 cm³/mol. The summed E-state index contributed by atoms with van der Waals surface area (Å²) in [7, 11) is 2.18. The number of ether oxygens (including phenoxy) is 1. The van der Waals surface area contributed by atoms with E-state index in [1.807, 2.05) is 34.2 Å². The molecular formula is C34H48ClN7O4S. The Morgan fingerprint density at radius 3 is 2.49 bits per heavy atom. The zero-order valence-corrected chi connectivity index (χ0v) is 29.2. The van der Waals surface area contributed by atoms with Crippen LogP contribution in [0.25, 0.3) is 0 Å². The second-order valence-electron chi connectivity index (χ2n) is 13.4. The number of rotatable bonds is 7. The van der Waals surface area contributed by atoms with Crippen molar-refractivity contribution in [2.24, 2.45) is 0 Å². The maximum Gasteiger partial charge on any atom is 0.410 e. The number of carbonyl (C=O) groups is 3. The number of piperidine rings is 2. The van der Waals surface area contributed by atoms with E-state index in [0.29, 0.717) is 68.7 Å². The van der Waals surface area contributed by atoms with Crippen LogP contribution in [0.4, 0.5) is 20.3 Å². The predicted octanol–water partition coefficient (Wildman–Crippen LogP) is 4.73. The average Bonchev–Trinajstić information content (AvgIpc) is 3.42. The Kier molecular flexibility index (Phi) is 10.8. The molecule has 47 heavy (non-hydrogen) atoms. The van der Waals surface area contributed by atoms with Gasteiger partial charge in [0.25, 0.3) is 5.91 Å². The van der Waals surface area contributed by atoms with E-state index in [9.17, 15) is 14.4 Å². The molecule has 11 nitrogen and oxygen atoms in total. The van der Waals surface area contributed by atoms with Crippen LogP contribution in [0.2, 0.25) is 5.02 Å². The number of nitrogens with two attached hydrogens (primary N) is 1. The fourth-order valence-electron chi connectivity index (χ4n) is 7.47. The minimum absolute atomic E-state index is 0.0276. The summed E-state index contributed by atoms with van der Waals surface area (Å²) in [5.74, 6) is -0.162. The number of likely N-dealkylation sites (tertiary alicyclic amines) is 2. The maximum absolute atomic E-state index is 14.1. The number of carbonyl (C=O) groups excluding carboxylic acids is 3. The molecule has 1 atom stereocenters. The van der Waals surface area contributed by atoms with E-state index in [0.717, 1.165) is 67.1 Å². The molecule has 13 heteroatoms. The van der Waals surface area contributed by atoms with E-state index < -0.39 is 12.2 Å². The molecule has 3 fully saturated rings. The van der Waals surface area contributed by atoms with Gasteiger partial charge in [0.1, 0.15) is 5.00 Å². The number of likely N-dealkylation sites (N-methyl/N-ethyl adjacent to an activating group) is 1. The van der Waals surface area contributed by atoms with Crippen molar-refractivity contribution < 1.29 is 19.1 Å². The number of hydrogen-bond acceptors (Lipinski definition) is 8. The first-order chi connectivity index (χ1) is 22.7. The van der Waals surface area contributed by atoms with Crippen LogP contribution in [-0.2, 0) is 28.9 Å². The van der Waals surface area contributed by atoms with Gasteiger partial charge in [-0.05, 0) is 87.3 Å². The number of nitrogens with zero attached hydrogens (tertiary/aromatic N) is 5. The van der Waals surface area contributed by atoms with Crippen LogP contribution in [0.15, 0.2) is 23.6 Å². The van der Waals surface area contributed by atoms with Gasteiger partial charge in [-0.3, -0.25) is 15.0 Å². The second kappa shape index (κ2) is 15.0. The molecule has 0 spiro atoms. The molecule has 4 amide bonds. The Hall–Kier alpha value is -3.06. The van der Waals surface area contributed by atoms with Crippen molar-refractivity contribution in [2.75, 3.05) is 70.5 Å². The number of anilines is 2. The Balaban J connectivity index is 1.10. The van der Waals surface area contributed by atoms with Crippen molar-refractivity contribution in [1.29, 1.82) is 0 Å². The van der Waals surface area contributed by atoms with Gasteiger partial charge in [0, 0.05) is 63.3 Å². The first-order valence-electron chi connectivity index (χ1n) is 17.1. The summed E-state index contributed by atoms with van der Waals surface area (Å²) in [5, 5.41) is 6.34. The third-order valence-corrected chi connectivity index (χ3v) is 11.6. The summed E-state index contributed by atoms with van der Waals surface area (Å²) in [6, 6.07) is 6.19. The van der Waals surface area contributed by atoms with Crippen molar-refractivity contribution in [3.8, 4) is 0 Å². The van der Waals surface area contributed by atoms with Crippen LogP contribution >= 0.6 is 22.9 Å². The van der Waals surface area contributed by atoms with Gasteiger partial charge < -0.3 is 30.1 Å². The molecule has 3 saturated heterocycles. The Morgan fingerprint density at radius 1 is 1.02 bits per heavy atom. The normalized spacial score (nSPS) is 21.3. The number of hydrogen-bond donors (Lipinski definition) is 2. The van der Waals surface area contributed by atoms with Crippen LogP contribution < -0.4 is 11.1 Å². The second-order valence-corrected chi connectivity index (χ2v) is 14.7. The van der Waals surface area contributed by atoms with E-state index in [1.165, 1.54) is 11.3 Å². The molecule has 1 aromatic carbocycles. The highest BCUT2D eigenvalue weighted by atomic mass is 35.5. The van der Waals surface area contributed by atoms with E-state index in [1.54, 1.807) is 11.0 Å². The Bertz CT molecular complexity index is 1440. The van der Waals surface area contributed by atoms with Gasteiger partial charge >= 0.3 is 12.1 Å². The van der Waals surface area contributed by atoms with Crippen molar-refractivity contribution >= 4 is 51.7 Å². The molecule has 0 unspecified atom stereocenters. The number of benzene rings is 1. The fourth-order valence-corrected chi connectivity index (χ4v) is 8.53. The molecule has 3 N–H and O–H groups in total. The Morgan fingerprint density at radius 2 is 1.74 bits per heavy atom. The van der Waals surface area contributed by atoms with Crippen LogP contribution in [0.5, 0.6) is 0 Å². The van der Waals surface area contributed by atoms with Crippen molar-refractivity contribution in [3.63, 3.8) is 0 Å². The maximum atomic E-state index is 14.1. The number of nitrogen functional groups attached to an aromatic ring is 1. The quantitative estimate of drug-likeness (QED) is 0.405. The summed E-state index contributed by atoms with van der Waals surface area (Å²) >= 11 is 8.02. The monoisotopic (exact) mass is 685 g/mol. The molecule has 1 aromatic heterocycles. The molecule has 0 saturated carbocycles. The molecule has 4 aliphatic heterocycles. The van der Waals surface area contributed by atoms with Gasteiger partial charge in [-0.15, -0.1) is 11.3 Å². The first kappa shape index (κ1) is 33.8. The third kappa shape index (κ3) is 7.82. The van der Waals surface area contributed by atoms with Gasteiger partial charge in [-0.2, -0.15) is 0 Å². The third-order valence-electron chi connectivity index (χ3n) is 10.4. The fraction of sp³-hybridized carbons (Fsp3) is 0.618. The van der Waals surface area contributed by atoms with E-state index >= 15 is 0 Å². The lowest BCUT2D eigenvalue weighted by atomic mass is 9.99. The highest BCUT2D eigenvalue weighted by Crippen LogP contribution is 2.32. The topological polar surface area (TPSA) is 115 Å². The van der Waals surface area contributed by atoms with E-state index in [-0.39, 0.29) is 24.4 Å². The van der Waals surface area contributed by atoms with Crippen LogP contribution in [0.1, 0.15) is 55.7 Å². The van der Waals surface area contributed by atoms with Gasteiger partial charge in [0.15, 0.2) is 6.10 Å². The Labute approximate surface area is 286 Å². The number of nitrogens with one attached hydrogen (secondary N) is 1. The lowest BCUT2D eigenvalue weighted by Gasteiger charge is -2.40. The van der Waals surface area contributed by atoms with Crippen molar-refractivity contribution in [1.82, 2.24) is 24.5 Å². The summed E-state index contributed by atoms with van der Waals surface area (Å²) in [6.07, 6.45) is 3.74. The van der Waals surface area contributed by atoms with Crippen LogP contribution in [-0.4, -0.2) is 120 Å². The molecule has 4 aliphatic rings. The molecule has 0 radical (unpaired) electrons. The smallest absolute Gasteiger partial charge is 0.410 e. The molecule has 6 rings (SSSR count). The lowest BCUT2D eigenvalue weighted by Crippen LogP contribution is -2.53. The van der Waals surface area contributed by atoms with Gasteiger partial charge in [-0.25, -0.2) is 9.59 Å². The van der Waals surface area contributed by atoms with Crippen molar-refractivity contribution in [2.45, 2.75) is 76.6 Å². The SMILES string of the molecule is CCc1cc(C[C@@H](OC(=O)N2CCC(N3Cc4ccsc4NC3=O)CC2)C(=O)N2CCC(N3CCCN(C)CC3)CC2)cc(Cl)c1N. The minimum atomic E-state index is -0.974. The molecular weight excluding hydrogens is 638 g/mol. The number of urea groups is 1. The summed E-state index contributed by atoms with van der Waals surface area (Å²) in [5.41, 5.74) is 9.59. The van der Waals surface area contributed by atoms with E-state index in [4.69, 9.17) is 22.1 Å². The minimum Gasteiger partial charge on any atom is -0.436 e. The van der Waals surface area contributed by atoms with Gasteiger partial charge in [0.2, 0.25) is 0 Å². The summed E-state index contributed by atoms with van der Waals surface area (Å²) in [4.78, 5) is 50.9. The lowest BCUT2D eigenvalue weighted by molar-refractivity contribution is -0.142. The summed E-state index contributed by atoms with van der Waals surface area (Å²) < 4.78 is 6.08. The number of aryl methyl sites for hydroxylation is 1. The van der Waals surface area contributed by atoms with Crippen LogP contribution in [0, 0.1) is 0 Å². The first-order valence-corrected chi connectivity index (χ1v) is 18.3. The molecule has 256 valence electrons. The summed E-state index contributed by atoms with van der Waals surface area (Å²) in [6.45, 7) is 9.11. The zero-order chi connectivity index (χ0) is 33.1. The average molecular weight is 686 g/mol. The number of thiophene rings is 1. The molecule has 2 aromatic rings. The highest BCUT2D eigenvalue weighted by Gasteiger charge is 2.37. The standard InChI is InChI=1S/C34H48ClN7O4S/c1-3-24-19-23(20-28(35)30(24)36)21-29(32(43)40-12-5-26(6-13-40)39-11-4-10-38(2)16-17-39)46-34(45)41-14-7-27(8-15-41)42-22-25-9-18-47-31(25)37-33(42)44/h9,18-20,26-27,29H,3-8,10-17,21-22,36H2,1-2H3,(H,37,44)/t29-/m1/s1. The number of halogens is 1. The largest absolute Gasteiger partial charge is 0.436 e. The molecule has 5 heterocycles. The highest BCUT2D eigenvalue weighted by molar-refractivity contribution is 7.14. The molecule has 0 bridgehead atoms. The van der Waals surface area contributed by atoms with Crippen LogP contribution in [0.3, 0.4) is 0 Å². The van der Waals surface area contributed by atoms with Gasteiger partial charge in [-0.1, -0.05) is 24.6 Å². The number of amides is 4. The van der Waals surface area contributed by atoms with E-state index in [2.05, 4.69) is 22.2 Å².